The topological polar surface area (TPSA) is 75.4 Å². The van der Waals surface area contributed by atoms with E-state index < -0.39 is 5.91 Å². The fraction of sp³-hybridized carbons (Fsp3) is 0.125. The van der Waals surface area contributed by atoms with E-state index in [0.29, 0.717) is 21.2 Å². The molecule has 5 nitrogen and oxygen atoms in total. The van der Waals surface area contributed by atoms with Gasteiger partial charge in [-0.2, -0.15) is 0 Å². The number of nitrogens with two attached hydrogens (primary N) is 1. The van der Waals surface area contributed by atoms with E-state index >= 15 is 0 Å². The molecule has 0 spiro atoms. The Bertz CT molecular complexity index is 802. The first-order valence-electron chi connectivity index (χ1n) is 7.04. The molecule has 1 fully saturated rings. The van der Waals surface area contributed by atoms with Crippen molar-refractivity contribution in [3.05, 3.63) is 69.0 Å². The first kappa shape index (κ1) is 16.6. The minimum absolute atomic E-state index is 0.252. The van der Waals surface area contributed by atoms with Crippen LogP contribution in [0, 0.1) is 5.82 Å². The van der Waals surface area contributed by atoms with Crippen LogP contribution in [0.4, 0.5) is 9.18 Å². The summed E-state index contributed by atoms with van der Waals surface area (Å²) in [6.45, 7) is 0.262. The molecule has 0 bridgehead atoms. The van der Waals surface area contributed by atoms with Gasteiger partial charge in [0.25, 0.3) is 0 Å². The molecular weight excluding hydrogens is 353 g/mol. The number of urea groups is 1. The highest BCUT2D eigenvalue weighted by Crippen LogP contribution is 2.38. The van der Waals surface area contributed by atoms with Crippen LogP contribution in [-0.4, -0.2) is 16.8 Å². The number of carbonyl (C=O) groups excluding carboxylic acids is 2. The molecule has 1 aromatic carbocycles. The van der Waals surface area contributed by atoms with E-state index in [2.05, 4.69) is 4.72 Å². The lowest BCUT2D eigenvalue weighted by Gasteiger charge is -2.21. The molecule has 1 aliphatic heterocycles. The number of nitrogens with zero attached hydrogens (tertiary/aromatic N) is 1. The molecule has 8 heteroatoms. The number of primary amides is 1. The molecule has 124 valence electrons. The Balaban J connectivity index is 1.92. The molecule has 3 amide bonds. The van der Waals surface area contributed by atoms with Crippen molar-refractivity contribution >= 4 is 35.5 Å². The first-order chi connectivity index (χ1) is 11.5. The maximum atomic E-state index is 13.0. The minimum Gasteiger partial charge on any atom is -0.366 e. The summed E-state index contributed by atoms with van der Waals surface area (Å²) >= 11 is 7.38. The fourth-order valence-corrected chi connectivity index (χ4v) is 3.52. The summed E-state index contributed by atoms with van der Waals surface area (Å²) in [6, 6.07) is 5.60. The van der Waals surface area contributed by atoms with Gasteiger partial charge in [-0.3, -0.25) is 14.4 Å². The number of carbonyl (C=O) groups is 2. The second-order valence-corrected chi connectivity index (χ2v) is 6.46. The van der Waals surface area contributed by atoms with Crippen molar-refractivity contribution in [2.45, 2.75) is 13.0 Å². The fourth-order valence-electron chi connectivity index (χ4n) is 2.39. The van der Waals surface area contributed by atoms with E-state index in [1.54, 1.807) is 24.3 Å². The van der Waals surface area contributed by atoms with Crippen molar-refractivity contribution in [1.82, 2.24) is 9.62 Å². The smallest absolute Gasteiger partial charge is 0.332 e. The van der Waals surface area contributed by atoms with Gasteiger partial charge in [0.05, 0.1) is 6.54 Å². The first-order valence-corrected chi connectivity index (χ1v) is 8.23. The van der Waals surface area contributed by atoms with Gasteiger partial charge in [0.15, 0.2) is 0 Å². The normalized spacial score (nSPS) is 20.6. The molecule has 3 rings (SSSR count). The summed E-state index contributed by atoms with van der Waals surface area (Å²) in [6.07, 6.45) is 3.42. The van der Waals surface area contributed by atoms with Crippen molar-refractivity contribution < 1.29 is 14.0 Å². The van der Waals surface area contributed by atoms with Crippen LogP contribution >= 0.6 is 23.5 Å². The Labute approximate surface area is 147 Å². The molecule has 0 saturated carbocycles. The molecule has 0 unspecified atom stereocenters. The predicted molar refractivity (Wildman–Crippen MR) is 90.9 cm³/mol. The largest absolute Gasteiger partial charge is 0.366 e. The highest BCUT2D eigenvalue weighted by molar-refractivity contribution is 8.02. The lowest BCUT2D eigenvalue weighted by atomic mass is 9.99. The lowest BCUT2D eigenvalue weighted by Crippen LogP contribution is -2.27. The summed E-state index contributed by atoms with van der Waals surface area (Å²) in [4.78, 5) is 25.1. The third-order valence-corrected chi connectivity index (χ3v) is 4.93. The summed E-state index contributed by atoms with van der Waals surface area (Å²) in [7, 11) is 0. The number of rotatable bonds is 3. The molecule has 3 N–H and O–H groups in total. The second kappa shape index (κ2) is 6.70. The van der Waals surface area contributed by atoms with Gasteiger partial charge >= 0.3 is 6.03 Å². The van der Waals surface area contributed by atoms with Gasteiger partial charge in [0, 0.05) is 34.5 Å². The van der Waals surface area contributed by atoms with Gasteiger partial charge in [-0.05, 0) is 23.8 Å². The van der Waals surface area contributed by atoms with Crippen LogP contribution in [0.15, 0.2) is 57.6 Å². The van der Waals surface area contributed by atoms with E-state index in [0.717, 1.165) is 17.5 Å². The van der Waals surface area contributed by atoms with Crippen LogP contribution in [0.2, 0.25) is 0 Å². The Kier molecular flexibility index (Phi) is 4.64. The van der Waals surface area contributed by atoms with Crippen LogP contribution in [0.1, 0.15) is 12.0 Å². The van der Waals surface area contributed by atoms with E-state index in [1.807, 2.05) is 0 Å². The van der Waals surface area contributed by atoms with Gasteiger partial charge in [0.1, 0.15) is 10.8 Å². The summed E-state index contributed by atoms with van der Waals surface area (Å²) in [5.74, 6) is -0.868. The number of hydrogen-bond donors (Lipinski definition) is 2. The van der Waals surface area contributed by atoms with Gasteiger partial charge in [0.2, 0.25) is 5.91 Å². The van der Waals surface area contributed by atoms with Crippen molar-refractivity contribution in [3.8, 4) is 0 Å². The third-order valence-electron chi connectivity index (χ3n) is 3.64. The Morgan fingerprint density at radius 2 is 2.04 bits per heavy atom. The number of benzene rings is 1. The minimum atomic E-state index is -0.527. The average molecular weight is 366 g/mol. The molecule has 1 heterocycles. The molecule has 1 aromatic rings. The van der Waals surface area contributed by atoms with E-state index in [-0.39, 0.29) is 24.8 Å². The van der Waals surface area contributed by atoms with Crippen LogP contribution in [-0.2, 0) is 11.3 Å². The van der Waals surface area contributed by atoms with E-state index in [4.69, 9.17) is 17.3 Å². The van der Waals surface area contributed by atoms with Crippen molar-refractivity contribution in [1.29, 1.82) is 0 Å². The maximum Gasteiger partial charge on any atom is 0.332 e. The summed E-state index contributed by atoms with van der Waals surface area (Å²) < 4.78 is 15.7. The average Bonchev–Trinajstić information content (AvgIpc) is 2.91. The number of allylic oxidation sites excluding steroid dienone is 4. The van der Waals surface area contributed by atoms with Crippen LogP contribution in [0.3, 0.4) is 0 Å². The Morgan fingerprint density at radius 3 is 2.71 bits per heavy atom. The number of amides is 3. The highest BCUT2D eigenvalue weighted by Gasteiger charge is 2.31. The van der Waals surface area contributed by atoms with Gasteiger partial charge in [-0.25, -0.2) is 9.18 Å². The molecule has 0 aromatic heterocycles. The maximum absolute atomic E-state index is 13.0. The standard InChI is InChI=1S/C16H13ClFN3O2S/c17-13-6-3-10(14(19)22)7-12(13)15-21(16(23)20-24-15)8-9-1-4-11(18)5-2-9/h1-6H,7-8H2,(H2,19,22)(H,20,23). The molecule has 0 atom stereocenters. The summed E-state index contributed by atoms with van der Waals surface area (Å²) in [5.41, 5.74) is 7.18. The predicted octanol–water partition coefficient (Wildman–Crippen LogP) is 3.15. The second-order valence-electron chi connectivity index (χ2n) is 5.25. The molecule has 1 saturated heterocycles. The van der Waals surface area contributed by atoms with Crippen molar-refractivity contribution in [3.63, 3.8) is 0 Å². The highest BCUT2D eigenvalue weighted by atomic mass is 35.5. The molecule has 2 aliphatic rings. The van der Waals surface area contributed by atoms with Gasteiger partial charge in [-0.1, -0.05) is 29.8 Å². The molecule has 24 heavy (non-hydrogen) atoms. The summed E-state index contributed by atoms with van der Waals surface area (Å²) in [5, 5.41) is 1.06. The van der Waals surface area contributed by atoms with Gasteiger partial charge < -0.3 is 5.73 Å². The van der Waals surface area contributed by atoms with Crippen LogP contribution < -0.4 is 10.5 Å². The number of halogens is 2. The zero-order valence-corrected chi connectivity index (χ0v) is 14.0. The monoisotopic (exact) mass is 365 g/mol. The zero-order chi connectivity index (χ0) is 17.3. The number of hydrogen-bond acceptors (Lipinski definition) is 3. The number of nitrogens with one attached hydrogen (secondary N) is 1. The molecule has 1 aliphatic carbocycles. The van der Waals surface area contributed by atoms with Crippen molar-refractivity contribution in [2.24, 2.45) is 5.73 Å². The van der Waals surface area contributed by atoms with Crippen LogP contribution in [0.25, 0.3) is 0 Å². The van der Waals surface area contributed by atoms with E-state index in [1.165, 1.54) is 17.0 Å². The van der Waals surface area contributed by atoms with Crippen LogP contribution in [0.5, 0.6) is 0 Å². The molecular formula is C16H13ClFN3O2S. The Morgan fingerprint density at radius 1 is 1.33 bits per heavy atom. The third kappa shape index (κ3) is 3.32. The quantitative estimate of drug-likeness (QED) is 0.808. The van der Waals surface area contributed by atoms with Crippen molar-refractivity contribution in [2.75, 3.05) is 0 Å². The molecule has 0 radical (unpaired) electrons. The SMILES string of the molecule is NC(=O)C1=CC=C(Cl)C(=C2SNC(=O)N2Cc2ccc(F)cc2)C1. The lowest BCUT2D eigenvalue weighted by molar-refractivity contribution is -0.114. The van der Waals surface area contributed by atoms with Gasteiger partial charge in [-0.15, -0.1) is 0 Å². The Hall–Kier alpha value is -2.25. The van der Waals surface area contributed by atoms with E-state index in [9.17, 15) is 14.0 Å². The zero-order valence-electron chi connectivity index (χ0n) is 12.4.